The Hall–Kier alpha value is -2.68. The summed E-state index contributed by atoms with van der Waals surface area (Å²) in [5.41, 5.74) is 14.1. The van der Waals surface area contributed by atoms with Crippen molar-refractivity contribution >= 4 is 27.8 Å². The topological polar surface area (TPSA) is 64.1 Å². The van der Waals surface area contributed by atoms with E-state index in [1.165, 1.54) is 43.2 Å². The zero-order chi connectivity index (χ0) is 17.5. The molecule has 0 bridgehead atoms. The Bertz CT molecular complexity index is 756. The lowest BCUT2D eigenvalue weighted by Crippen LogP contribution is -2.21. The largest absolute Gasteiger partial charge is 0.399 e. The Balaban J connectivity index is 0.000000146. The highest BCUT2D eigenvalue weighted by atomic mass is 14.9. The molecule has 0 saturated heterocycles. The van der Waals surface area contributed by atoms with Crippen LogP contribution in [0.1, 0.15) is 32.1 Å². The van der Waals surface area contributed by atoms with E-state index < -0.39 is 0 Å². The van der Waals surface area contributed by atoms with Gasteiger partial charge in [-0.05, 0) is 60.0 Å². The molecule has 1 fully saturated rings. The molecule has 1 aliphatic carbocycles. The van der Waals surface area contributed by atoms with Crippen molar-refractivity contribution in [2.75, 3.05) is 16.8 Å². The molecule has 0 radical (unpaired) electrons. The molecule has 1 aliphatic rings. The first kappa shape index (κ1) is 17.2. The molecule has 0 spiro atoms. The monoisotopic (exact) mass is 333 g/mol. The highest BCUT2D eigenvalue weighted by Crippen LogP contribution is 2.21. The van der Waals surface area contributed by atoms with Gasteiger partial charge in [-0.25, -0.2) is 0 Å². The van der Waals surface area contributed by atoms with Crippen molar-refractivity contribution in [3.63, 3.8) is 0 Å². The van der Waals surface area contributed by atoms with Crippen LogP contribution in [0.5, 0.6) is 0 Å². The van der Waals surface area contributed by atoms with Gasteiger partial charge in [0.15, 0.2) is 0 Å². The van der Waals surface area contributed by atoms with Crippen LogP contribution in [0.15, 0.2) is 66.7 Å². The summed E-state index contributed by atoms with van der Waals surface area (Å²) >= 11 is 0. The summed E-state index contributed by atoms with van der Waals surface area (Å²) in [4.78, 5) is 0. The number of nitrogens with two attached hydrogens (primary N) is 2. The lowest BCUT2D eigenvalue weighted by molar-refractivity contribution is 0.463. The van der Waals surface area contributed by atoms with E-state index in [0.29, 0.717) is 0 Å². The molecular weight excluding hydrogens is 306 g/mol. The predicted molar refractivity (Wildman–Crippen MR) is 110 cm³/mol. The van der Waals surface area contributed by atoms with Gasteiger partial charge in [-0.2, -0.15) is 0 Å². The summed E-state index contributed by atoms with van der Waals surface area (Å²) in [5, 5.41) is 5.84. The fraction of sp³-hybridized carbons (Fsp3) is 0.273. The van der Waals surface area contributed by atoms with Crippen molar-refractivity contribution < 1.29 is 0 Å². The molecule has 0 amide bonds. The molecule has 5 N–H and O–H groups in total. The van der Waals surface area contributed by atoms with Gasteiger partial charge in [0.1, 0.15) is 0 Å². The summed E-state index contributed by atoms with van der Waals surface area (Å²) < 4.78 is 0. The van der Waals surface area contributed by atoms with Crippen molar-refractivity contribution in [2.24, 2.45) is 0 Å². The first-order valence-electron chi connectivity index (χ1n) is 9.07. The number of rotatable bonds is 2. The number of benzene rings is 3. The Morgan fingerprint density at radius 3 is 1.88 bits per heavy atom. The third-order valence-electron chi connectivity index (χ3n) is 4.64. The number of nitrogens with one attached hydrogen (secondary N) is 1. The molecule has 3 heteroatoms. The first-order valence-corrected chi connectivity index (χ1v) is 9.07. The highest BCUT2D eigenvalue weighted by molar-refractivity contribution is 5.87. The van der Waals surface area contributed by atoms with Gasteiger partial charge in [-0.1, -0.05) is 49.6 Å². The minimum atomic E-state index is 0.719. The van der Waals surface area contributed by atoms with E-state index in [0.717, 1.165) is 22.8 Å². The summed E-state index contributed by atoms with van der Waals surface area (Å²) in [5.74, 6) is 0. The minimum absolute atomic E-state index is 0.719. The Kier molecular flexibility index (Phi) is 5.78. The average molecular weight is 333 g/mol. The number of anilines is 3. The molecule has 0 atom stereocenters. The molecule has 0 unspecified atom stereocenters. The molecule has 4 rings (SSSR count). The average Bonchev–Trinajstić information content (AvgIpc) is 2.63. The molecule has 3 aromatic carbocycles. The fourth-order valence-electron chi connectivity index (χ4n) is 3.30. The Morgan fingerprint density at radius 2 is 1.28 bits per heavy atom. The predicted octanol–water partition coefficient (Wildman–Crippen LogP) is 5.44. The van der Waals surface area contributed by atoms with Gasteiger partial charge in [0, 0.05) is 23.1 Å². The second kappa shape index (κ2) is 8.43. The minimum Gasteiger partial charge on any atom is -0.399 e. The van der Waals surface area contributed by atoms with Crippen LogP contribution in [0.4, 0.5) is 17.1 Å². The molecule has 130 valence electrons. The van der Waals surface area contributed by atoms with Crippen LogP contribution < -0.4 is 16.8 Å². The van der Waals surface area contributed by atoms with Crippen LogP contribution >= 0.6 is 0 Å². The number of para-hydroxylation sites is 1. The lowest BCUT2D eigenvalue weighted by Gasteiger charge is -2.23. The van der Waals surface area contributed by atoms with Gasteiger partial charge in [0.2, 0.25) is 0 Å². The normalized spacial score (nSPS) is 14.6. The smallest absolute Gasteiger partial charge is 0.0342 e. The van der Waals surface area contributed by atoms with Crippen molar-refractivity contribution in [1.29, 1.82) is 0 Å². The zero-order valence-electron chi connectivity index (χ0n) is 14.6. The van der Waals surface area contributed by atoms with Crippen LogP contribution in [0.2, 0.25) is 0 Å². The van der Waals surface area contributed by atoms with Crippen LogP contribution in [0.3, 0.4) is 0 Å². The second-order valence-electron chi connectivity index (χ2n) is 6.71. The SMILES string of the molecule is Nc1ccc2ccc(N)cc2c1.c1ccc(NC2CCCCC2)cc1. The maximum Gasteiger partial charge on any atom is 0.0342 e. The van der Waals surface area contributed by atoms with Gasteiger partial charge in [0.05, 0.1) is 0 Å². The molecule has 3 nitrogen and oxygen atoms in total. The molecule has 1 saturated carbocycles. The second-order valence-corrected chi connectivity index (χ2v) is 6.71. The molecule has 0 heterocycles. The zero-order valence-corrected chi connectivity index (χ0v) is 14.6. The molecule has 0 aliphatic heterocycles. The standard InChI is InChI=1S/C12H17N.C10H10N2/c1-3-7-11(8-4-1)13-12-9-5-2-6-10-12;11-9-3-1-7-2-4-10(12)6-8(7)5-9/h1,3-4,7-8,12-13H,2,5-6,9-10H2;1-6H,11-12H2. The van der Waals surface area contributed by atoms with Crippen molar-refractivity contribution in [2.45, 2.75) is 38.1 Å². The van der Waals surface area contributed by atoms with E-state index in [-0.39, 0.29) is 0 Å². The van der Waals surface area contributed by atoms with E-state index in [1.54, 1.807) is 0 Å². The third-order valence-corrected chi connectivity index (χ3v) is 4.64. The number of fused-ring (bicyclic) bond motifs is 1. The van der Waals surface area contributed by atoms with E-state index >= 15 is 0 Å². The van der Waals surface area contributed by atoms with Gasteiger partial charge in [0.25, 0.3) is 0 Å². The Morgan fingerprint density at radius 1 is 0.680 bits per heavy atom. The lowest BCUT2D eigenvalue weighted by atomic mass is 9.95. The van der Waals surface area contributed by atoms with Crippen molar-refractivity contribution in [3.05, 3.63) is 66.7 Å². The fourth-order valence-corrected chi connectivity index (χ4v) is 3.30. The van der Waals surface area contributed by atoms with Crippen molar-refractivity contribution in [1.82, 2.24) is 0 Å². The quantitative estimate of drug-likeness (QED) is 0.547. The van der Waals surface area contributed by atoms with Crippen LogP contribution in [-0.2, 0) is 0 Å². The molecule has 0 aromatic heterocycles. The number of hydrogen-bond acceptors (Lipinski definition) is 3. The summed E-state index contributed by atoms with van der Waals surface area (Å²) in [6.07, 6.45) is 6.89. The van der Waals surface area contributed by atoms with Gasteiger partial charge in [-0.3, -0.25) is 0 Å². The third kappa shape index (κ3) is 5.15. The summed E-state index contributed by atoms with van der Waals surface area (Å²) in [7, 11) is 0. The molecule has 25 heavy (non-hydrogen) atoms. The van der Waals surface area contributed by atoms with E-state index in [4.69, 9.17) is 11.5 Å². The van der Waals surface area contributed by atoms with E-state index in [2.05, 4.69) is 35.6 Å². The summed E-state index contributed by atoms with van der Waals surface area (Å²) in [6, 6.07) is 22.9. The van der Waals surface area contributed by atoms with Gasteiger partial charge < -0.3 is 16.8 Å². The van der Waals surface area contributed by atoms with Crippen LogP contribution in [0.25, 0.3) is 10.8 Å². The highest BCUT2D eigenvalue weighted by Gasteiger charge is 2.12. The first-order chi connectivity index (χ1) is 12.2. The molecule has 3 aromatic rings. The number of nitrogen functional groups attached to an aromatic ring is 2. The van der Waals surface area contributed by atoms with Crippen LogP contribution in [0, 0.1) is 0 Å². The molecular formula is C22H27N3. The van der Waals surface area contributed by atoms with E-state index in [1.807, 2.05) is 36.4 Å². The maximum absolute atomic E-state index is 5.63. The number of hydrogen-bond donors (Lipinski definition) is 3. The maximum atomic E-state index is 5.63. The van der Waals surface area contributed by atoms with Gasteiger partial charge >= 0.3 is 0 Å². The Labute approximate surface area is 150 Å². The van der Waals surface area contributed by atoms with Crippen molar-refractivity contribution in [3.8, 4) is 0 Å². The van der Waals surface area contributed by atoms with E-state index in [9.17, 15) is 0 Å². The van der Waals surface area contributed by atoms with Gasteiger partial charge in [-0.15, -0.1) is 0 Å². The summed E-state index contributed by atoms with van der Waals surface area (Å²) in [6.45, 7) is 0. The van der Waals surface area contributed by atoms with Crippen LogP contribution in [-0.4, -0.2) is 6.04 Å².